The number of hydrogen-bond acceptors (Lipinski definition) is 2. The molecule has 3 nitrogen and oxygen atoms in total. The number of carbonyl (C=O) groups excluding carboxylic acids is 2. The normalized spacial score (nSPS) is 10.8. The van der Waals surface area contributed by atoms with Crippen LogP contribution in [0.5, 0.6) is 0 Å². The van der Waals surface area contributed by atoms with Crippen LogP contribution in [0.25, 0.3) is 5.52 Å². The summed E-state index contributed by atoms with van der Waals surface area (Å²) in [4.78, 5) is 23.0. The highest BCUT2D eigenvalue weighted by Crippen LogP contribution is 2.24. The maximum absolute atomic E-state index is 11.8. The summed E-state index contributed by atoms with van der Waals surface area (Å²) < 4.78 is 2.02. The van der Waals surface area contributed by atoms with Gasteiger partial charge >= 0.3 is 0 Å². The van der Waals surface area contributed by atoms with E-state index in [-0.39, 0.29) is 11.6 Å². The Hall–Kier alpha value is -1.90. The summed E-state index contributed by atoms with van der Waals surface area (Å²) in [5, 5.41) is 0. The van der Waals surface area contributed by atoms with Crippen molar-refractivity contribution in [3.8, 4) is 0 Å². The Morgan fingerprint density at radius 2 is 1.94 bits per heavy atom. The summed E-state index contributed by atoms with van der Waals surface area (Å²) >= 11 is 0. The van der Waals surface area contributed by atoms with E-state index in [0.29, 0.717) is 12.8 Å². The molecule has 0 spiro atoms. The summed E-state index contributed by atoms with van der Waals surface area (Å²) in [5.74, 6) is 0.211. The molecule has 2 rings (SSSR count). The monoisotopic (exact) mass is 243 g/mol. The van der Waals surface area contributed by atoms with E-state index in [0.717, 1.165) is 22.3 Å². The fraction of sp³-hybridized carbons (Fsp3) is 0.333. The molecule has 2 heterocycles. The quantitative estimate of drug-likeness (QED) is 0.774. The average molecular weight is 243 g/mol. The number of hydrogen-bond donors (Lipinski definition) is 0. The maximum Gasteiger partial charge on any atom is 0.161 e. The lowest BCUT2D eigenvalue weighted by Crippen LogP contribution is -2.03. The van der Waals surface area contributed by atoms with E-state index < -0.39 is 0 Å². The summed E-state index contributed by atoms with van der Waals surface area (Å²) in [6.07, 6.45) is 3.04. The minimum Gasteiger partial charge on any atom is -0.320 e. The van der Waals surface area contributed by atoms with Gasteiger partial charge in [-0.05, 0) is 44.9 Å². The summed E-state index contributed by atoms with van der Waals surface area (Å²) in [6, 6.07) is 5.90. The van der Waals surface area contributed by atoms with Crippen LogP contribution in [0, 0.1) is 6.92 Å². The predicted molar refractivity (Wildman–Crippen MR) is 71.1 cm³/mol. The lowest BCUT2D eigenvalue weighted by Gasteiger charge is -2.03. The lowest BCUT2D eigenvalue weighted by atomic mass is 10.0. The third kappa shape index (κ3) is 2.08. The molecule has 0 radical (unpaired) electrons. The van der Waals surface area contributed by atoms with Crippen molar-refractivity contribution in [2.24, 2.45) is 0 Å². The molecule has 2 aromatic rings. The molecule has 2 aromatic heterocycles. The highest BCUT2D eigenvalue weighted by Gasteiger charge is 2.18. The number of aryl methyl sites for hydroxylation is 2. The molecule has 0 fully saturated rings. The Labute approximate surface area is 106 Å². The number of aromatic nitrogens is 1. The number of fused-ring (bicyclic) bond motifs is 1. The van der Waals surface area contributed by atoms with Crippen molar-refractivity contribution in [1.82, 2.24) is 4.40 Å². The first-order valence-electron chi connectivity index (χ1n) is 6.11. The van der Waals surface area contributed by atoms with Gasteiger partial charge in [-0.2, -0.15) is 0 Å². The van der Waals surface area contributed by atoms with Crippen molar-refractivity contribution in [2.45, 2.75) is 33.6 Å². The molecule has 0 atom stereocenters. The molecule has 0 N–H and O–H groups in total. The molecule has 0 aliphatic rings. The Morgan fingerprint density at radius 3 is 2.56 bits per heavy atom. The van der Waals surface area contributed by atoms with Gasteiger partial charge in [0.15, 0.2) is 5.78 Å². The SMILES string of the molecule is CC(=O)CCc1c(C(C)=O)c(C)c2ccccn12. The summed E-state index contributed by atoms with van der Waals surface area (Å²) in [7, 11) is 0. The van der Waals surface area contributed by atoms with Gasteiger partial charge in [-0.3, -0.25) is 4.79 Å². The molecule has 0 amide bonds. The highest BCUT2D eigenvalue weighted by atomic mass is 16.1. The molecule has 0 aliphatic heterocycles. The Kier molecular flexibility index (Phi) is 3.32. The first-order chi connectivity index (χ1) is 8.52. The lowest BCUT2D eigenvalue weighted by molar-refractivity contribution is -0.117. The van der Waals surface area contributed by atoms with Crippen LogP contribution in [0.2, 0.25) is 0 Å². The van der Waals surface area contributed by atoms with E-state index >= 15 is 0 Å². The average Bonchev–Trinajstić information content (AvgIpc) is 2.60. The van der Waals surface area contributed by atoms with Gasteiger partial charge in [0.05, 0.1) is 0 Å². The first-order valence-corrected chi connectivity index (χ1v) is 6.11. The largest absolute Gasteiger partial charge is 0.320 e. The standard InChI is InChI=1S/C15H17NO2/c1-10(17)7-8-14-15(12(3)18)11(2)13-6-4-5-9-16(13)14/h4-6,9H,7-8H2,1-3H3. The van der Waals surface area contributed by atoms with Crippen LogP contribution in [-0.4, -0.2) is 16.0 Å². The van der Waals surface area contributed by atoms with Gasteiger partial charge in [0, 0.05) is 29.4 Å². The second-order valence-electron chi connectivity index (χ2n) is 4.66. The second-order valence-corrected chi connectivity index (χ2v) is 4.66. The van der Waals surface area contributed by atoms with Crippen molar-refractivity contribution < 1.29 is 9.59 Å². The first kappa shape index (κ1) is 12.6. The van der Waals surface area contributed by atoms with Crippen LogP contribution in [-0.2, 0) is 11.2 Å². The molecular weight excluding hydrogens is 226 g/mol. The molecule has 18 heavy (non-hydrogen) atoms. The van der Waals surface area contributed by atoms with E-state index in [9.17, 15) is 9.59 Å². The molecule has 94 valence electrons. The zero-order chi connectivity index (χ0) is 13.3. The van der Waals surface area contributed by atoms with Gasteiger partial charge < -0.3 is 9.20 Å². The van der Waals surface area contributed by atoms with Gasteiger partial charge in [-0.1, -0.05) is 6.07 Å². The van der Waals surface area contributed by atoms with Crippen LogP contribution in [0.4, 0.5) is 0 Å². The number of pyridine rings is 1. The molecule has 0 aliphatic carbocycles. The Bertz CT molecular complexity index is 623. The van der Waals surface area contributed by atoms with E-state index in [1.54, 1.807) is 13.8 Å². The van der Waals surface area contributed by atoms with Gasteiger partial charge in [-0.15, -0.1) is 0 Å². The van der Waals surface area contributed by atoms with Crippen molar-refractivity contribution >= 4 is 17.1 Å². The summed E-state index contributed by atoms with van der Waals surface area (Å²) in [5.41, 5.74) is 3.76. The van der Waals surface area contributed by atoms with E-state index in [1.165, 1.54) is 0 Å². The van der Waals surface area contributed by atoms with Gasteiger partial charge in [0.1, 0.15) is 5.78 Å². The smallest absolute Gasteiger partial charge is 0.161 e. The second kappa shape index (κ2) is 4.77. The van der Waals surface area contributed by atoms with Crippen LogP contribution < -0.4 is 0 Å². The number of nitrogens with zero attached hydrogens (tertiary/aromatic N) is 1. The summed E-state index contributed by atoms with van der Waals surface area (Å²) in [6.45, 7) is 5.12. The number of ketones is 2. The van der Waals surface area contributed by atoms with E-state index in [2.05, 4.69) is 0 Å². The van der Waals surface area contributed by atoms with Crippen molar-refractivity contribution in [3.05, 3.63) is 41.2 Å². The minimum atomic E-state index is 0.0646. The zero-order valence-electron chi connectivity index (χ0n) is 11.0. The molecule has 0 bridgehead atoms. The van der Waals surface area contributed by atoms with Crippen LogP contribution >= 0.6 is 0 Å². The molecule has 0 saturated carbocycles. The third-order valence-corrected chi connectivity index (χ3v) is 3.26. The van der Waals surface area contributed by atoms with E-state index in [4.69, 9.17) is 0 Å². The third-order valence-electron chi connectivity index (χ3n) is 3.26. The minimum absolute atomic E-state index is 0.0646. The fourth-order valence-electron chi connectivity index (χ4n) is 2.46. The maximum atomic E-state index is 11.8. The number of carbonyl (C=O) groups is 2. The number of Topliss-reactive ketones (excluding diaryl/α,β-unsaturated/α-hetero) is 2. The fourth-order valence-corrected chi connectivity index (χ4v) is 2.46. The highest BCUT2D eigenvalue weighted by molar-refractivity contribution is 5.99. The molecule has 0 unspecified atom stereocenters. The molecular formula is C15H17NO2. The van der Waals surface area contributed by atoms with Crippen molar-refractivity contribution in [3.63, 3.8) is 0 Å². The molecule has 3 heteroatoms. The van der Waals surface area contributed by atoms with Gasteiger partial charge in [-0.25, -0.2) is 0 Å². The van der Waals surface area contributed by atoms with Crippen LogP contribution in [0.3, 0.4) is 0 Å². The molecule has 0 aromatic carbocycles. The van der Waals surface area contributed by atoms with Gasteiger partial charge in [0.2, 0.25) is 0 Å². The zero-order valence-corrected chi connectivity index (χ0v) is 11.0. The van der Waals surface area contributed by atoms with Crippen molar-refractivity contribution in [1.29, 1.82) is 0 Å². The van der Waals surface area contributed by atoms with Crippen LogP contribution in [0.15, 0.2) is 24.4 Å². The predicted octanol–water partition coefficient (Wildman–Crippen LogP) is 2.97. The van der Waals surface area contributed by atoms with Crippen LogP contribution in [0.1, 0.15) is 41.9 Å². The Morgan fingerprint density at radius 1 is 1.22 bits per heavy atom. The van der Waals surface area contributed by atoms with E-state index in [1.807, 2.05) is 35.7 Å². The molecule has 0 saturated heterocycles. The van der Waals surface area contributed by atoms with Crippen molar-refractivity contribution in [2.75, 3.05) is 0 Å². The number of rotatable bonds is 4. The Balaban J connectivity index is 2.63. The topological polar surface area (TPSA) is 38.5 Å². The van der Waals surface area contributed by atoms with Gasteiger partial charge in [0.25, 0.3) is 0 Å².